The van der Waals surface area contributed by atoms with Gasteiger partial charge in [0.15, 0.2) is 0 Å². The molecule has 0 radical (unpaired) electrons. The Morgan fingerprint density at radius 2 is 2.08 bits per heavy atom. The fourth-order valence-electron chi connectivity index (χ4n) is 2.86. The molecule has 0 saturated heterocycles. The molecular formula is C17H21N5O2. The van der Waals surface area contributed by atoms with Crippen LogP contribution in [0.2, 0.25) is 0 Å². The van der Waals surface area contributed by atoms with Crippen LogP contribution in [0.3, 0.4) is 0 Å². The zero-order chi connectivity index (χ0) is 17.1. The standard InChI is InChI=1S/C17H21N5O2/c1-3-22(4-2)8-7-18-15-14-12-9-11(17(23)24)5-6-13(12)21-16(14)20-10-19-15/h5-6,9-10H,3-4,7-8H2,1-2H3,(H,23,24)(H2,18,19,20,21). The summed E-state index contributed by atoms with van der Waals surface area (Å²) in [5.74, 6) is -0.222. The summed E-state index contributed by atoms with van der Waals surface area (Å²) < 4.78 is 0. The molecule has 0 atom stereocenters. The highest BCUT2D eigenvalue weighted by Crippen LogP contribution is 2.29. The monoisotopic (exact) mass is 327 g/mol. The highest BCUT2D eigenvalue weighted by atomic mass is 16.4. The van der Waals surface area contributed by atoms with E-state index in [1.807, 2.05) is 0 Å². The summed E-state index contributed by atoms with van der Waals surface area (Å²) in [5.41, 5.74) is 1.80. The molecule has 0 aliphatic rings. The number of benzene rings is 1. The van der Waals surface area contributed by atoms with E-state index in [9.17, 15) is 9.90 Å². The number of fused-ring (bicyclic) bond motifs is 3. The predicted octanol–water partition coefficient (Wildman–Crippen LogP) is 2.56. The van der Waals surface area contributed by atoms with Crippen molar-refractivity contribution in [3.8, 4) is 0 Å². The molecule has 7 nitrogen and oxygen atoms in total. The van der Waals surface area contributed by atoms with E-state index in [4.69, 9.17) is 0 Å². The third-order valence-electron chi connectivity index (χ3n) is 4.25. The number of aromatic nitrogens is 3. The maximum absolute atomic E-state index is 11.2. The Balaban J connectivity index is 1.97. The molecule has 3 N–H and O–H groups in total. The number of rotatable bonds is 7. The normalized spacial score (nSPS) is 11.5. The number of likely N-dealkylation sites (N-methyl/N-ethyl adjacent to an activating group) is 1. The second-order valence-corrected chi connectivity index (χ2v) is 5.59. The van der Waals surface area contributed by atoms with Crippen molar-refractivity contribution in [3.63, 3.8) is 0 Å². The lowest BCUT2D eigenvalue weighted by Crippen LogP contribution is -2.28. The number of carboxylic acids is 1. The van der Waals surface area contributed by atoms with Gasteiger partial charge in [-0.3, -0.25) is 0 Å². The summed E-state index contributed by atoms with van der Waals surface area (Å²) >= 11 is 0. The summed E-state index contributed by atoms with van der Waals surface area (Å²) in [6.07, 6.45) is 1.51. The minimum absolute atomic E-state index is 0.251. The largest absolute Gasteiger partial charge is 0.478 e. The van der Waals surface area contributed by atoms with E-state index in [-0.39, 0.29) is 5.56 Å². The third kappa shape index (κ3) is 3.03. The van der Waals surface area contributed by atoms with Crippen LogP contribution in [-0.4, -0.2) is 57.1 Å². The highest BCUT2D eigenvalue weighted by molar-refractivity contribution is 6.12. The molecule has 1 aromatic carbocycles. The number of hydrogen-bond donors (Lipinski definition) is 3. The molecule has 0 unspecified atom stereocenters. The fraction of sp³-hybridized carbons (Fsp3) is 0.353. The van der Waals surface area contributed by atoms with Crippen molar-refractivity contribution in [2.75, 3.05) is 31.5 Å². The van der Waals surface area contributed by atoms with Gasteiger partial charge in [-0.2, -0.15) is 0 Å². The van der Waals surface area contributed by atoms with Crippen molar-refractivity contribution >= 4 is 33.7 Å². The minimum Gasteiger partial charge on any atom is -0.478 e. The van der Waals surface area contributed by atoms with Crippen molar-refractivity contribution in [1.29, 1.82) is 0 Å². The van der Waals surface area contributed by atoms with E-state index in [0.717, 1.165) is 48.3 Å². The summed E-state index contributed by atoms with van der Waals surface area (Å²) in [7, 11) is 0. The van der Waals surface area contributed by atoms with Gasteiger partial charge in [0, 0.05) is 24.0 Å². The Morgan fingerprint density at radius 1 is 1.29 bits per heavy atom. The number of anilines is 1. The van der Waals surface area contributed by atoms with Crippen molar-refractivity contribution in [2.24, 2.45) is 0 Å². The summed E-state index contributed by atoms with van der Waals surface area (Å²) in [4.78, 5) is 25.4. The molecule has 0 aliphatic carbocycles. The van der Waals surface area contributed by atoms with E-state index in [0.29, 0.717) is 5.65 Å². The lowest BCUT2D eigenvalue weighted by Gasteiger charge is -2.18. The number of aromatic carboxylic acids is 1. The first-order valence-corrected chi connectivity index (χ1v) is 8.10. The average molecular weight is 327 g/mol. The number of nitrogens with zero attached hydrogens (tertiary/aromatic N) is 3. The lowest BCUT2D eigenvalue weighted by atomic mass is 10.1. The highest BCUT2D eigenvalue weighted by Gasteiger charge is 2.13. The Labute approximate surface area is 139 Å². The lowest BCUT2D eigenvalue weighted by molar-refractivity contribution is 0.0697. The van der Waals surface area contributed by atoms with Crippen molar-refractivity contribution in [2.45, 2.75) is 13.8 Å². The van der Waals surface area contributed by atoms with Gasteiger partial charge < -0.3 is 20.3 Å². The van der Waals surface area contributed by atoms with E-state index < -0.39 is 5.97 Å². The quantitative estimate of drug-likeness (QED) is 0.617. The van der Waals surface area contributed by atoms with Gasteiger partial charge >= 0.3 is 5.97 Å². The molecule has 2 aromatic heterocycles. The summed E-state index contributed by atoms with van der Waals surface area (Å²) in [6, 6.07) is 5.01. The van der Waals surface area contributed by atoms with Gasteiger partial charge in [0.25, 0.3) is 0 Å². The van der Waals surface area contributed by atoms with Gasteiger partial charge in [-0.1, -0.05) is 13.8 Å². The van der Waals surface area contributed by atoms with Gasteiger partial charge in [0.2, 0.25) is 0 Å². The van der Waals surface area contributed by atoms with Crippen LogP contribution in [-0.2, 0) is 0 Å². The van der Waals surface area contributed by atoms with Crippen molar-refractivity contribution < 1.29 is 9.90 Å². The van der Waals surface area contributed by atoms with Crippen LogP contribution < -0.4 is 5.32 Å². The van der Waals surface area contributed by atoms with E-state index >= 15 is 0 Å². The van der Waals surface area contributed by atoms with E-state index in [2.05, 4.69) is 39.0 Å². The molecule has 0 bridgehead atoms. The number of aromatic amines is 1. The first-order valence-electron chi connectivity index (χ1n) is 8.10. The van der Waals surface area contributed by atoms with Gasteiger partial charge in [-0.05, 0) is 31.3 Å². The fourth-order valence-corrected chi connectivity index (χ4v) is 2.86. The van der Waals surface area contributed by atoms with E-state index in [1.165, 1.54) is 6.33 Å². The van der Waals surface area contributed by atoms with Crippen LogP contribution in [0.15, 0.2) is 24.5 Å². The smallest absolute Gasteiger partial charge is 0.335 e. The Morgan fingerprint density at radius 3 is 2.79 bits per heavy atom. The van der Waals surface area contributed by atoms with Gasteiger partial charge in [0.05, 0.1) is 10.9 Å². The third-order valence-corrected chi connectivity index (χ3v) is 4.25. The Bertz CT molecular complexity index is 870. The maximum atomic E-state index is 11.2. The molecule has 0 fully saturated rings. The molecule has 24 heavy (non-hydrogen) atoms. The predicted molar refractivity (Wildman–Crippen MR) is 94.6 cm³/mol. The number of hydrogen-bond acceptors (Lipinski definition) is 5. The first-order chi connectivity index (χ1) is 11.6. The van der Waals surface area contributed by atoms with Crippen LogP contribution in [0.25, 0.3) is 21.9 Å². The van der Waals surface area contributed by atoms with Crippen LogP contribution >= 0.6 is 0 Å². The average Bonchev–Trinajstić information content (AvgIpc) is 2.97. The topological polar surface area (TPSA) is 94.1 Å². The molecule has 0 aliphatic heterocycles. The number of nitrogens with one attached hydrogen (secondary N) is 2. The number of carbonyl (C=O) groups is 1. The molecule has 0 amide bonds. The minimum atomic E-state index is -0.945. The van der Waals surface area contributed by atoms with Crippen molar-refractivity contribution in [1.82, 2.24) is 19.9 Å². The molecule has 7 heteroatoms. The molecule has 3 aromatic rings. The number of carboxylic acid groups (broad SMARTS) is 1. The second kappa shape index (κ2) is 6.84. The molecule has 0 saturated carbocycles. The molecule has 3 rings (SSSR count). The van der Waals surface area contributed by atoms with Crippen LogP contribution in [0, 0.1) is 0 Å². The van der Waals surface area contributed by atoms with Crippen molar-refractivity contribution in [3.05, 3.63) is 30.1 Å². The molecular weight excluding hydrogens is 306 g/mol. The van der Waals surface area contributed by atoms with Crippen LogP contribution in [0.5, 0.6) is 0 Å². The summed E-state index contributed by atoms with van der Waals surface area (Å²) in [6.45, 7) is 7.97. The van der Waals surface area contributed by atoms with Crippen LogP contribution in [0.1, 0.15) is 24.2 Å². The zero-order valence-corrected chi connectivity index (χ0v) is 13.8. The SMILES string of the molecule is CCN(CC)CCNc1ncnc2[nH]c3ccc(C(=O)O)cc3c12. The first kappa shape index (κ1) is 16.2. The molecule has 2 heterocycles. The Hall–Kier alpha value is -2.67. The maximum Gasteiger partial charge on any atom is 0.335 e. The summed E-state index contributed by atoms with van der Waals surface area (Å²) in [5, 5.41) is 14.2. The number of H-pyrrole nitrogens is 1. The second-order valence-electron chi connectivity index (χ2n) is 5.59. The van der Waals surface area contributed by atoms with Crippen LogP contribution in [0.4, 0.5) is 5.82 Å². The Kier molecular flexibility index (Phi) is 4.61. The van der Waals surface area contributed by atoms with Gasteiger partial charge in [0.1, 0.15) is 17.8 Å². The zero-order valence-electron chi connectivity index (χ0n) is 13.8. The molecule has 126 valence electrons. The van der Waals surface area contributed by atoms with E-state index in [1.54, 1.807) is 18.2 Å². The molecule has 0 spiro atoms. The van der Waals surface area contributed by atoms with Gasteiger partial charge in [-0.15, -0.1) is 0 Å². The van der Waals surface area contributed by atoms with Gasteiger partial charge in [-0.25, -0.2) is 14.8 Å².